The highest BCUT2D eigenvalue weighted by Crippen LogP contribution is 2.29. The molecular formula is C17H15FN4O2S2. The second-order valence-corrected chi connectivity index (χ2v) is 7.23. The summed E-state index contributed by atoms with van der Waals surface area (Å²) in [7, 11) is 0. The van der Waals surface area contributed by atoms with Crippen LogP contribution in [0.15, 0.2) is 46.9 Å². The smallest absolute Gasteiger partial charge is 0.262 e. The second-order valence-electron chi connectivity index (χ2n) is 5.03. The summed E-state index contributed by atoms with van der Waals surface area (Å²) in [5.41, 5.74) is 1.32. The van der Waals surface area contributed by atoms with E-state index in [1.807, 2.05) is 6.92 Å². The van der Waals surface area contributed by atoms with E-state index < -0.39 is 0 Å². The molecule has 1 aromatic carbocycles. The van der Waals surface area contributed by atoms with Crippen LogP contribution in [0.1, 0.15) is 22.8 Å². The van der Waals surface area contributed by atoms with Crippen LogP contribution in [-0.4, -0.2) is 27.7 Å². The van der Waals surface area contributed by atoms with E-state index in [-0.39, 0.29) is 17.6 Å². The number of thioether (sulfide) groups is 1. The largest absolute Gasteiger partial charge is 0.477 e. The summed E-state index contributed by atoms with van der Waals surface area (Å²) >= 11 is 2.74. The van der Waals surface area contributed by atoms with E-state index in [1.165, 1.54) is 35.2 Å². The summed E-state index contributed by atoms with van der Waals surface area (Å²) in [5, 5.41) is 11.1. The number of aromatic nitrogens is 3. The number of nitrogens with zero attached hydrogens (tertiary/aromatic N) is 3. The lowest BCUT2D eigenvalue weighted by Gasteiger charge is -2.07. The van der Waals surface area contributed by atoms with Gasteiger partial charge in [-0.2, -0.15) is 0 Å². The third-order valence-corrected chi connectivity index (χ3v) is 5.24. The van der Waals surface area contributed by atoms with Crippen molar-refractivity contribution in [1.29, 1.82) is 0 Å². The molecule has 0 saturated carbocycles. The second kappa shape index (κ2) is 8.72. The van der Waals surface area contributed by atoms with Gasteiger partial charge in [0.15, 0.2) is 4.34 Å². The predicted octanol–water partition coefficient (Wildman–Crippen LogP) is 4.02. The summed E-state index contributed by atoms with van der Waals surface area (Å²) in [6.45, 7) is 2.24. The molecule has 1 N–H and O–H groups in total. The fourth-order valence-corrected chi connectivity index (χ4v) is 3.73. The SMILES string of the molecule is CCOc1ncccc1C(=O)Nc1nnc(SCc2ccc(F)cc2)s1. The third kappa shape index (κ3) is 4.77. The minimum absolute atomic E-state index is 0.263. The average Bonchev–Trinajstić information content (AvgIpc) is 3.09. The van der Waals surface area contributed by atoms with Gasteiger partial charge in [-0.3, -0.25) is 10.1 Å². The fraction of sp³-hybridized carbons (Fsp3) is 0.176. The lowest BCUT2D eigenvalue weighted by molar-refractivity contribution is 0.102. The van der Waals surface area contributed by atoms with Gasteiger partial charge in [0.05, 0.1) is 6.61 Å². The van der Waals surface area contributed by atoms with E-state index in [0.29, 0.717) is 27.4 Å². The van der Waals surface area contributed by atoms with Crippen molar-refractivity contribution in [2.75, 3.05) is 11.9 Å². The maximum Gasteiger partial charge on any atom is 0.262 e. The molecule has 2 aromatic heterocycles. The number of rotatable bonds is 7. The van der Waals surface area contributed by atoms with Gasteiger partial charge in [0.25, 0.3) is 5.91 Å². The standard InChI is InChI=1S/C17H15FN4O2S2/c1-2-24-15-13(4-3-9-19-15)14(23)20-16-21-22-17(26-16)25-10-11-5-7-12(18)8-6-11/h3-9H,2,10H2,1H3,(H,20,21,23). The molecule has 9 heteroatoms. The monoisotopic (exact) mass is 390 g/mol. The van der Waals surface area contributed by atoms with Crippen LogP contribution >= 0.6 is 23.1 Å². The molecule has 0 saturated heterocycles. The predicted molar refractivity (Wildman–Crippen MR) is 99.2 cm³/mol. The van der Waals surface area contributed by atoms with Gasteiger partial charge >= 0.3 is 0 Å². The van der Waals surface area contributed by atoms with Gasteiger partial charge in [-0.15, -0.1) is 10.2 Å². The molecule has 3 rings (SSSR count). The summed E-state index contributed by atoms with van der Waals surface area (Å²) in [6.07, 6.45) is 1.57. The number of hydrogen-bond acceptors (Lipinski definition) is 7. The van der Waals surface area contributed by atoms with Crippen molar-refractivity contribution < 1.29 is 13.9 Å². The number of pyridine rings is 1. The van der Waals surface area contributed by atoms with Gasteiger partial charge in [0, 0.05) is 11.9 Å². The molecule has 0 aliphatic rings. The summed E-state index contributed by atoms with van der Waals surface area (Å²) in [5.74, 6) is 0.303. The Morgan fingerprint density at radius 2 is 2.08 bits per heavy atom. The summed E-state index contributed by atoms with van der Waals surface area (Å²) in [4.78, 5) is 16.5. The molecule has 0 spiro atoms. The molecular weight excluding hydrogens is 375 g/mol. The van der Waals surface area contributed by atoms with Gasteiger partial charge in [-0.05, 0) is 36.8 Å². The first-order valence-electron chi connectivity index (χ1n) is 7.75. The zero-order valence-electron chi connectivity index (χ0n) is 13.8. The number of hydrogen-bond donors (Lipinski definition) is 1. The normalized spacial score (nSPS) is 10.5. The van der Waals surface area contributed by atoms with Crippen LogP contribution in [0.2, 0.25) is 0 Å². The van der Waals surface area contributed by atoms with E-state index in [9.17, 15) is 9.18 Å². The van der Waals surface area contributed by atoms with Gasteiger partial charge in [0.1, 0.15) is 11.4 Å². The van der Waals surface area contributed by atoms with Gasteiger partial charge in [-0.1, -0.05) is 35.2 Å². The van der Waals surface area contributed by atoms with Crippen LogP contribution in [-0.2, 0) is 5.75 Å². The molecule has 3 aromatic rings. The van der Waals surface area contributed by atoms with E-state index in [1.54, 1.807) is 30.5 Å². The van der Waals surface area contributed by atoms with E-state index >= 15 is 0 Å². The van der Waals surface area contributed by atoms with E-state index in [4.69, 9.17) is 4.74 Å². The summed E-state index contributed by atoms with van der Waals surface area (Å²) in [6, 6.07) is 9.60. The highest BCUT2D eigenvalue weighted by Gasteiger charge is 2.15. The van der Waals surface area contributed by atoms with Gasteiger partial charge in [-0.25, -0.2) is 9.37 Å². The molecule has 0 aliphatic carbocycles. The van der Waals surface area contributed by atoms with Crippen molar-refractivity contribution in [2.45, 2.75) is 17.0 Å². The number of nitrogens with one attached hydrogen (secondary N) is 1. The summed E-state index contributed by atoms with van der Waals surface area (Å²) < 4.78 is 19.0. The van der Waals surface area contributed by atoms with Crippen molar-refractivity contribution in [3.63, 3.8) is 0 Å². The average molecular weight is 390 g/mol. The first-order chi connectivity index (χ1) is 12.7. The molecule has 0 radical (unpaired) electrons. The Hall–Kier alpha value is -2.52. The lowest BCUT2D eigenvalue weighted by Crippen LogP contribution is -2.14. The molecule has 134 valence electrons. The number of halogens is 1. The van der Waals surface area contributed by atoms with Gasteiger partial charge < -0.3 is 4.74 Å². The maximum atomic E-state index is 12.9. The van der Waals surface area contributed by atoms with Crippen molar-refractivity contribution in [1.82, 2.24) is 15.2 Å². The van der Waals surface area contributed by atoms with E-state index in [2.05, 4.69) is 20.5 Å². The topological polar surface area (TPSA) is 77.0 Å². The Kier molecular flexibility index (Phi) is 6.13. The molecule has 0 aliphatic heterocycles. The van der Waals surface area contributed by atoms with E-state index in [0.717, 1.165) is 5.56 Å². The van der Waals surface area contributed by atoms with Crippen LogP contribution in [0, 0.1) is 5.82 Å². The molecule has 2 heterocycles. The maximum absolute atomic E-state index is 12.9. The highest BCUT2D eigenvalue weighted by molar-refractivity contribution is 8.00. The minimum atomic E-state index is -0.354. The Labute approximate surface area is 157 Å². The number of ether oxygens (including phenoxy) is 1. The van der Waals surface area contributed by atoms with Crippen molar-refractivity contribution in [2.24, 2.45) is 0 Å². The zero-order chi connectivity index (χ0) is 18.4. The Morgan fingerprint density at radius 1 is 1.27 bits per heavy atom. The Balaban J connectivity index is 1.61. The molecule has 0 bridgehead atoms. The van der Waals surface area contributed by atoms with Crippen LogP contribution in [0.3, 0.4) is 0 Å². The van der Waals surface area contributed by atoms with Crippen molar-refractivity contribution in [3.05, 3.63) is 59.5 Å². The zero-order valence-corrected chi connectivity index (χ0v) is 15.4. The van der Waals surface area contributed by atoms with Crippen LogP contribution < -0.4 is 10.1 Å². The minimum Gasteiger partial charge on any atom is -0.477 e. The molecule has 6 nitrogen and oxygen atoms in total. The first kappa shape index (κ1) is 18.3. The molecule has 1 amide bonds. The number of benzene rings is 1. The molecule has 0 unspecified atom stereocenters. The number of carbonyl (C=O) groups excluding carboxylic acids is 1. The van der Waals surface area contributed by atoms with Crippen LogP contribution in [0.4, 0.5) is 9.52 Å². The highest BCUT2D eigenvalue weighted by atomic mass is 32.2. The number of amides is 1. The van der Waals surface area contributed by atoms with Crippen molar-refractivity contribution >= 4 is 34.1 Å². The molecule has 0 atom stereocenters. The van der Waals surface area contributed by atoms with Crippen LogP contribution in [0.25, 0.3) is 0 Å². The lowest BCUT2D eigenvalue weighted by atomic mass is 10.2. The molecule has 26 heavy (non-hydrogen) atoms. The quantitative estimate of drug-likeness (QED) is 0.485. The van der Waals surface area contributed by atoms with Crippen LogP contribution in [0.5, 0.6) is 5.88 Å². The molecule has 0 fully saturated rings. The van der Waals surface area contributed by atoms with Gasteiger partial charge in [0.2, 0.25) is 11.0 Å². The third-order valence-electron chi connectivity index (χ3n) is 3.20. The van der Waals surface area contributed by atoms with Crippen molar-refractivity contribution in [3.8, 4) is 5.88 Å². The first-order valence-corrected chi connectivity index (χ1v) is 9.56. The number of anilines is 1. The Morgan fingerprint density at radius 3 is 2.85 bits per heavy atom. The fourth-order valence-electron chi connectivity index (χ4n) is 2.02. The number of carbonyl (C=O) groups is 1. The Bertz CT molecular complexity index is 886.